The van der Waals surface area contributed by atoms with E-state index in [2.05, 4.69) is 187 Å². The van der Waals surface area contributed by atoms with E-state index in [1.54, 1.807) is 0 Å². The number of fused-ring (bicyclic) bond motifs is 2. The summed E-state index contributed by atoms with van der Waals surface area (Å²) in [7, 11) is 0. The number of rotatable bonds is 6. The minimum Gasteiger partial charge on any atom is -0.356 e. The second kappa shape index (κ2) is 11.6. The Morgan fingerprint density at radius 1 is 0.267 bits per heavy atom. The maximum Gasteiger partial charge on any atom is 0.0390 e. The zero-order valence-corrected chi connectivity index (χ0v) is 24.8. The summed E-state index contributed by atoms with van der Waals surface area (Å²) in [6.45, 7) is 0. The molecule has 8 aromatic rings. The highest BCUT2D eigenvalue weighted by Gasteiger charge is 2.11. The minimum absolute atomic E-state index is 1.06. The van der Waals surface area contributed by atoms with Gasteiger partial charge in [-0.05, 0) is 96.4 Å². The molecule has 0 saturated carbocycles. The van der Waals surface area contributed by atoms with Gasteiger partial charge < -0.3 is 5.32 Å². The average Bonchev–Trinajstić information content (AvgIpc) is 3.12. The molecule has 0 heterocycles. The van der Waals surface area contributed by atoms with E-state index in [-0.39, 0.29) is 0 Å². The molecule has 0 fully saturated rings. The van der Waals surface area contributed by atoms with E-state index in [1.807, 2.05) is 0 Å². The fraction of sp³-hybridized carbons (Fsp3) is 0. The van der Waals surface area contributed by atoms with Crippen LogP contribution in [0.15, 0.2) is 182 Å². The predicted octanol–water partition coefficient (Wildman–Crippen LogP) is 12.4. The van der Waals surface area contributed by atoms with E-state index in [1.165, 1.54) is 66.1 Å². The monoisotopic (exact) mass is 573 g/mol. The van der Waals surface area contributed by atoms with E-state index < -0.39 is 0 Å². The van der Waals surface area contributed by atoms with Crippen molar-refractivity contribution in [2.75, 3.05) is 5.32 Å². The zero-order chi connectivity index (χ0) is 30.0. The predicted molar refractivity (Wildman–Crippen MR) is 193 cm³/mol. The third kappa shape index (κ3) is 5.37. The molecule has 0 aliphatic rings. The van der Waals surface area contributed by atoms with Crippen molar-refractivity contribution >= 4 is 32.9 Å². The van der Waals surface area contributed by atoms with Crippen LogP contribution >= 0.6 is 0 Å². The van der Waals surface area contributed by atoms with E-state index in [4.69, 9.17) is 0 Å². The van der Waals surface area contributed by atoms with Crippen LogP contribution in [0.5, 0.6) is 0 Å². The summed E-state index contributed by atoms with van der Waals surface area (Å²) in [6.07, 6.45) is 0. The molecule has 0 aliphatic carbocycles. The summed E-state index contributed by atoms with van der Waals surface area (Å²) in [4.78, 5) is 0. The van der Waals surface area contributed by atoms with Crippen LogP contribution in [0.1, 0.15) is 0 Å². The normalized spacial score (nSPS) is 11.1. The zero-order valence-electron chi connectivity index (χ0n) is 24.8. The van der Waals surface area contributed by atoms with Gasteiger partial charge in [0.25, 0.3) is 0 Å². The van der Waals surface area contributed by atoms with Gasteiger partial charge in [0.1, 0.15) is 0 Å². The largest absolute Gasteiger partial charge is 0.356 e. The van der Waals surface area contributed by atoms with Gasteiger partial charge in [0.15, 0.2) is 0 Å². The third-order valence-corrected chi connectivity index (χ3v) is 8.66. The van der Waals surface area contributed by atoms with Crippen molar-refractivity contribution in [2.45, 2.75) is 0 Å². The molecule has 0 radical (unpaired) electrons. The van der Waals surface area contributed by atoms with Crippen molar-refractivity contribution in [3.8, 4) is 44.5 Å². The fourth-order valence-corrected chi connectivity index (χ4v) is 6.32. The Morgan fingerprint density at radius 2 is 0.844 bits per heavy atom. The Kier molecular flexibility index (Phi) is 6.90. The molecule has 1 heteroatoms. The van der Waals surface area contributed by atoms with Gasteiger partial charge in [0, 0.05) is 11.4 Å². The minimum atomic E-state index is 1.06. The SMILES string of the molecule is c1ccc(-c2cc(Nc3ccc(-c4ccc5ccccc5c4)cc3)ccc2-c2ccc(-c3cccc4ccccc34)cc2)cc1. The van der Waals surface area contributed by atoms with Crippen molar-refractivity contribution in [3.05, 3.63) is 182 Å². The maximum absolute atomic E-state index is 3.65. The first-order valence-electron chi connectivity index (χ1n) is 15.4. The van der Waals surface area contributed by atoms with Gasteiger partial charge in [-0.25, -0.2) is 0 Å². The van der Waals surface area contributed by atoms with Gasteiger partial charge >= 0.3 is 0 Å². The quantitative estimate of drug-likeness (QED) is 0.209. The van der Waals surface area contributed by atoms with Crippen LogP contribution in [-0.4, -0.2) is 0 Å². The van der Waals surface area contributed by atoms with Crippen LogP contribution in [0, 0.1) is 0 Å². The molecule has 0 aromatic heterocycles. The number of nitrogens with one attached hydrogen (secondary N) is 1. The van der Waals surface area contributed by atoms with Crippen molar-refractivity contribution in [3.63, 3.8) is 0 Å². The molecule has 8 rings (SSSR count). The summed E-state index contributed by atoms with van der Waals surface area (Å²) in [5.74, 6) is 0. The molecule has 0 unspecified atom stereocenters. The summed E-state index contributed by atoms with van der Waals surface area (Å²) >= 11 is 0. The van der Waals surface area contributed by atoms with Crippen molar-refractivity contribution < 1.29 is 0 Å². The number of benzene rings is 8. The number of anilines is 2. The van der Waals surface area contributed by atoms with Crippen LogP contribution in [0.2, 0.25) is 0 Å². The molecule has 0 amide bonds. The molecule has 0 saturated heterocycles. The van der Waals surface area contributed by atoms with Crippen LogP contribution in [0.25, 0.3) is 66.1 Å². The Bertz CT molecular complexity index is 2260. The molecule has 1 nitrogen and oxygen atoms in total. The van der Waals surface area contributed by atoms with Crippen molar-refractivity contribution in [1.82, 2.24) is 0 Å². The Hall–Kier alpha value is -5.92. The van der Waals surface area contributed by atoms with E-state index in [0.29, 0.717) is 0 Å². The summed E-state index contributed by atoms with van der Waals surface area (Å²) in [5, 5.41) is 8.71. The molecule has 0 aliphatic heterocycles. The smallest absolute Gasteiger partial charge is 0.0390 e. The van der Waals surface area contributed by atoms with Crippen molar-refractivity contribution in [1.29, 1.82) is 0 Å². The van der Waals surface area contributed by atoms with Gasteiger partial charge in [0.2, 0.25) is 0 Å². The van der Waals surface area contributed by atoms with Crippen LogP contribution in [0.3, 0.4) is 0 Å². The molecule has 1 N–H and O–H groups in total. The Balaban J connectivity index is 1.10. The highest BCUT2D eigenvalue weighted by Crippen LogP contribution is 2.37. The lowest BCUT2D eigenvalue weighted by Gasteiger charge is -2.15. The maximum atomic E-state index is 3.65. The standard InChI is InChI=1S/C44H31N/c1-2-10-34(11-3-1)44-30-40(45-39-25-23-32(24-26-39)38-22-17-31-9-4-5-13-37(31)29-38)27-28-43(44)36-20-18-35(19-21-36)42-16-8-14-33-12-6-7-15-41(33)42/h1-30,45H. The lowest BCUT2D eigenvalue weighted by atomic mass is 9.92. The molecule has 0 spiro atoms. The van der Waals surface area contributed by atoms with Crippen LogP contribution < -0.4 is 5.32 Å². The van der Waals surface area contributed by atoms with Gasteiger partial charge in [-0.15, -0.1) is 0 Å². The highest BCUT2D eigenvalue weighted by atomic mass is 14.9. The van der Waals surface area contributed by atoms with Gasteiger partial charge in [0.05, 0.1) is 0 Å². The average molecular weight is 574 g/mol. The third-order valence-electron chi connectivity index (χ3n) is 8.66. The molecule has 8 aromatic carbocycles. The van der Waals surface area contributed by atoms with E-state index >= 15 is 0 Å². The Labute approximate surface area is 264 Å². The lowest BCUT2D eigenvalue weighted by molar-refractivity contribution is 1.52. The first kappa shape index (κ1) is 26.7. The molecule has 0 bridgehead atoms. The first-order chi connectivity index (χ1) is 22.3. The summed E-state index contributed by atoms with van der Waals surface area (Å²) < 4.78 is 0. The number of hydrogen-bond donors (Lipinski definition) is 1. The fourth-order valence-electron chi connectivity index (χ4n) is 6.32. The van der Waals surface area contributed by atoms with Crippen molar-refractivity contribution in [2.24, 2.45) is 0 Å². The van der Waals surface area contributed by atoms with Crippen LogP contribution in [-0.2, 0) is 0 Å². The van der Waals surface area contributed by atoms with E-state index in [9.17, 15) is 0 Å². The van der Waals surface area contributed by atoms with Gasteiger partial charge in [-0.3, -0.25) is 0 Å². The first-order valence-corrected chi connectivity index (χ1v) is 15.4. The molecule has 0 atom stereocenters. The number of hydrogen-bond acceptors (Lipinski definition) is 1. The van der Waals surface area contributed by atoms with E-state index in [0.717, 1.165) is 11.4 Å². The van der Waals surface area contributed by atoms with Crippen LogP contribution in [0.4, 0.5) is 11.4 Å². The van der Waals surface area contributed by atoms with Gasteiger partial charge in [-0.1, -0.05) is 152 Å². The summed E-state index contributed by atoms with van der Waals surface area (Å²) in [6, 6.07) is 65.3. The second-order valence-corrected chi connectivity index (χ2v) is 11.5. The molecule has 45 heavy (non-hydrogen) atoms. The van der Waals surface area contributed by atoms with Gasteiger partial charge in [-0.2, -0.15) is 0 Å². The molecule has 212 valence electrons. The lowest BCUT2D eigenvalue weighted by Crippen LogP contribution is -1.93. The second-order valence-electron chi connectivity index (χ2n) is 11.5. The topological polar surface area (TPSA) is 12.0 Å². The molecular weight excluding hydrogens is 542 g/mol. The Morgan fingerprint density at radius 3 is 1.64 bits per heavy atom. The molecular formula is C44H31N. The summed E-state index contributed by atoms with van der Waals surface area (Å²) in [5.41, 5.74) is 11.8. The highest BCUT2D eigenvalue weighted by molar-refractivity contribution is 5.97.